The molecule has 3 heterocycles. The number of hydrogen-bond donors (Lipinski definition) is 2. The minimum atomic E-state index is -4.51. The smallest absolute Gasteiger partial charge is 0.361 e. The van der Waals surface area contributed by atoms with Gasteiger partial charge in [0.25, 0.3) is 5.91 Å². The number of halogens is 4. The number of nitrogens with zero attached hydrogens (tertiary/aromatic N) is 2. The van der Waals surface area contributed by atoms with Crippen molar-refractivity contribution in [1.29, 1.82) is 0 Å². The van der Waals surface area contributed by atoms with Crippen molar-refractivity contribution in [1.82, 2.24) is 15.1 Å². The molecule has 2 aromatic rings. The van der Waals surface area contributed by atoms with Crippen molar-refractivity contribution in [3.63, 3.8) is 0 Å². The number of nitrogens with one attached hydrogen (secondary N) is 2. The van der Waals surface area contributed by atoms with Gasteiger partial charge in [0.05, 0.1) is 6.04 Å². The first-order valence-electron chi connectivity index (χ1n) is 8.11. The van der Waals surface area contributed by atoms with Crippen LogP contribution in [0.3, 0.4) is 0 Å². The zero-order chi connectivity index (χ0) is 19.1. The first kappa shape index (κ1) is 19.0. The van der Waals surface area contributed by atoms with Crippen molar-refractivity contribution in [3.8, 4) is 0 Å². The highest BCUT2D eigenvalue weighted by Crippen LogP contribution is 2.46. The van der Waals surface area contributed by atoms with E-state index in [2.05, 4.69) is 15.7 Å². The quantitative estimate of drug-likeness (QED) is 0.777. The van der Waals surface area contributed by atoms with E-state index < -0.39 is 24.2 Å². The van der Waals surface area contributed by atoms with Crippen LogP contribution in [-0.2, 0) is 0 Å². The second-order valence-electron chi connectivity index (χ2n) is 6.57. The average molecular weight is 407 g/mol. The lowest BCUT2D eigenvalue weighted by atomic mass is 10.0. The number of carbonyl (C=O) groups is 1. The van der Waals surface area contributed by atoms with Crippen LogP contribution in [0.15, 0.2) is 17.5 Å². The van der Waals surface area contributed by atoms with Gasteiger partial charge in [0.2, 0.25) is 0 Å². The van der Waals surface area contributed by atoms with Crippen molar-refractivity contribution in [3.05, 3.63) is 33.1 Å². The van der Waals surface area contributed by atoms with E-state index in [0.717, 1.165) is 9.56 Å². The maximum atomic E-state index is 13.6. The summed E-state index contributed by atoms with van der Waals surface area (Å²) in [5.41, 5.74) is -0.198. The molecule has 2 atom stereocenters. The lowest BCUT2D eigenvalue weighted by Crippen LogP contribution is -2.35. The first-order valence-corrected chi connectivity index (χ1v) is 9.37. The highest BCUT2D eigenvalue weighted by molar-refractivity contribution is 7.10. The van der Waals surface area contributed by atoms with E-state index in [1.54, 1.807) is 17.5 Å². The van der Waals surface area contributed by atoms with E-state index >= 15 is 0 Å². The van der Waals surface area contributed by atoms with Crippen molar-refractivity contribution in [2.45, 2.75) is 38.5 Å². The number of fused-ring (bicyclic) bond motifs is 1. The fraction of sp³-hybridized carbons (Fsp3) is 0.500. The lowest BCUT2D eigenvalue weighted by Gasteiger charge is -2.32. The molecule has 0 saturated heterocycles. The van der Waals surface area contributed by atoms with Gasteiger partial charge in [-0.15, -0.1) is 11.3 Å². The molecule has 2 aromatic heterocycles. The van der Waals surface area contributed by atoms with Crippen molar-refractivity contribution in [2.75, 3.05) is 11.9 Å². The summed E-state index contributed by atoms with van der Waals surface area (Å²) in [4.78, 5) is 13.0. The first-order chi connectivity index (χ1) is 12.2. The van der Waals surface area contributed by atoms with Gasteiger partial charge in [-0.05, 0) is 17.4 Å². The molecule has 5 nitrogen and oxygen atoms in total. The van der Waals surface area contributed by atoms with E-state index in [-0.39, 0.29) is 28.9 Å². The number of thiophene rings is 1. The Morgan fingerprint density at radius 3 is 2.85 bits per heavy atom. The van der Waals surface area contributed by atoms with Gasteiger partial charge >= 0.3 is 6.18 Å². The monoisotopic (exact) mass is 406 g/mol. The molecule has 0 bridgehead atoms. The van der Waals surface area contributed by atoms with Crippen LogP contribution in [-0.4, -0.2) is 28.4 Å². The molecule has 0 spiro atoms. The van der Waals surface area contributed by atoms with Crippen molar-refractivity contribution >= 4 is 34.7 Å². The molecule has 0 fully saturated rings. The minimum absolute atomic E-state index is 0.0216. The molecule has 142 valence electrons. The van der Waals surface area contributed by atoms with Gasteiger partial charge < -0.3 is 10.6 Å². The molecule has 26 heavy (non-hydrogen) atoms. The lowest BCUT2D eigenvalue weighted by molar-refractivity contribution is -0.173. The highest BCUT2D eigenvalue weighted by Gasteiger charge is 2.48. The molecular formula is C16H18ClF3N4OS. The SMILES string of the molecule is CC(C)CNC(=O)c1nn2c(c1Cl)NC(c1cccs1)CC2C(F)(F)F. The van der Waals surface area contributed by atoms with Crippen molar-refractivity contribution < 1.29 is 18.0 Å². The molecular weight excluding hydrogens is 389 g/mol. The van der Waals surface area contributed by atoms with Gasteiger partial charge in [-0.3, -0.25) is 4.79 Å². The number of aromatic nitrogens is 2. The van der Waals surface area contributed by atoms with Crippen LogP contribution < -0.4 is 10.6 Å². The van der Waals surface area contributed by atoms with Gasteiger partial charge in [0.1, 0.15) is 10.8 Å². The molecule has 2 unspecified atom stereocenters. The maximum Gasteiger partial charge on any atom is 0.410 e. The predicted molar refractivity (Wildman–Crippen MR) is 94.8 cm³/mol. The Bertz CT molecular complexity index is 788. The molecule has 1 aliphatic heterocycles. The summed E-state index contributed by atoms with van der Waals surface area (Å²) in [7, 11) is 0. The number of alkyl halides is 3. The number of anilines is 1. The second-order valence-corrected chi connectivity index (χ2v) is 7.92. The Morgan fingerprint density at radius 2 is 2.27 bits per heavy atom. The average Bonchev–Trinajstić information content (AvgIpc) is 3.19. The van der Waals surface area contributed by atoms with Crippen molar-refractivity contribution in [2.24, 2.45) is 5.92 Å². The Morgan fingerprint density at radius 1 is 1.54 bits per heavy atom. The summed E-state index contributed by atoms with van der Waals surface area (Å²) in [5.74, 6) is -0.367. The predicted octanol–water partition coefficient (Wildman–Crippen LogP) is 4.64. The van der Waals surface area contributed by atoms with Crippen LogP contribution >= 0.6 is 22.9 Å². The number of hydrogen-bond acceptors (Lipinski definition) is 4. The van der Waals surface area contributed by atoms with Crippen LogP contribution in [0.4, 0.5) is 19.0 Å². The summed E-state index contributed by atoms with van der Waals surface area (Å²) in [6, 6.07) is 1.15. The second kappa shape index (κ2) is 7.11. The number of amides is 1. The number of carbonyl (C=O) groups excluding carboxylic acids is 1. The minimum Gasteiger partial charge on any atom is -0.361 e. The van der Waals surface area contributed by atoms with Gasteiger partial charge in [0, 0.05) is 17.8 Å². The molecule has 0 radical (unpaired) electrons. The summed E-state index contributed by atoms with van der Waals surface area (Å²) >= 11 is 7.59. The molecule has 0 aliphatic carbocycles. The molecule has 1 amide bonds. The Labute approximate surface area is 157 Å². The van der Waals surface area contributed by atoms with Gasteiger partial charge in [-0.2, -0.15) is 18.3 Å². The van der Waals surface area contributed by atoms with Crippen LogP contribution in [0.2, 0.25) is 5.02 Å². The third-order valence-corrected chi connectivity index (χ3v) is 5.41. The third kappa shape index (κ3) is 3.68. The van der Waals surface area contributed by atoms with Crippen LogP contribution in [0.5, 0.6) is 0 Å². The summed E-state index contributed by atoms with van der Waals surface area (Å²) in [6.45, 7) is 4.20. The standard InChI is InChI=1S/C16H18ClF3N4OS/c1-8(2)7-21-15(25)13-12(17)14-22-9(10-4-3-5-26-10)6-11(16(18,19)20)24(14)23-13/h3-5,8-9,11,22H,6-7H2,1-2H3,(H,21,25). The van der Waals surface area contributed by atoms with Crippen LogP contribution in [0.1, 0.15) is 47.7 Å². The molecule has 0 saturated carbocycles. The molecule has 3 rings (SSSR count). The zero-order valence-electron chi connectivity index (χ0n) is 14.1. The Kier molecular flexibility index (Phi) is 5.21. The Hall–Kier alpha value is -1.74. The zero-order valence-corrected chi connectivity index (χ0v) is 15.7. The fourth-order valence-electron chi connectivity index (χ4n) is 2.79. The highest BCUT2D eigenvalue weighted by atomic mass is 35.5. The van der Waals surface area contributed by atoms with E-state index in [1.807, 2.05) is 13.8 Å². The van der Waals surface area contributed by atoms with E-state index in [4.69, 9.17) is 11.6 Å². The summed E-state index contributed by atoms with van der Waals surface area (Å²) in [5, 5.41) is 11.2. The fourth-order valence-corrected chi connectivity index (χ4v) is 3.85. The molecule has 1 aliphatic rings. The summed E-state index contributed by atoms with van der Waals surface area (Å²) < 4.78 is 41.6. The molecule has 0 aromatic carbocycles. The number of rotatable bonds is 4. The van der Waals surface area contributed by atoms with Gasteiger partial charge in [-0.25, -0.2) is 4.68 Å². The molecule has 10 heteroatoms. The topological polar surface area (TPSA) is 59.0 Å². The Balaban J connectivity index is 1.97. The molecule has 2 N–H and O–H groups in total. The third-order valence-electron chi connectivity index (χ3n) is 4.07. The maximum absolute atomic E-state index is 13.6. The van der Waals surface area contributed by atoms with Crippen LogP contribution in [0.25, 0.3) is 0 Å². The van der Waals surface area contributed by atoms with Gasteiger partial charge in [-0.1, -0.05) is 31.5 Å². The van der Waals surface area contributed by atoms with E-state index in [9.17, 15) is 18.0 Å². The van der Waals surface area contributed by atoms with Crippen LogP contribution in [0, 0.1) is 5.92 Å². The largest absolute Gasteiger partial charge is 0.410 e. The van der Waals surface area contributed by atoms with Gasteiger partial charge in [0.15, 0.2) is 11.7 Å². The van der Waals surface area contributed by atoms with E-state index in [0.29, 0.717) is 6.54 Å². The summed E-state index contributed by atoms with van der Waals surface area (Å²) in [6.07, 6.45) is -4.73. The van der Waals surface area contributed by atoms with E-state index in [1.165, 1.54) is 11.3 Å². The normalized spacial score (nSPS) is 20.0.